The van der Waals surface area contributed by atoms with Crippen LogP contribution in [0.5, 0.6) is 5.75 Å². The number of benzene rings is 1. The number of amides is 1. The van der Waals surface area contributed by atoms with Crippen LogP contribution in [0.1, 0.15) is 37.0 Å². The smallest absolute Gasteiger partial charge is 0.227 e. The Hall–Kier alpha value is -2.37. The first-order chi connectivity index (χ1) is 11.2. The van der Waals surface area contributed by atoms with Crippen molar-refractivity contribution in [3.8, 4) is 5.75 Å². The summed E-state index contributed by atoms with van der Waals surface area (Å²) in [6, 6.07) is 7.97. The summed E-state index contributed by atoms with van der Waals surface area (Å²) in [5, 5.41) is 6.79. The van der Waals surface area contributed by atoms with Crippen LogP contribution in [0.3, 0.4) is 0 Å². The highest BCUT2D eigenvalue weighted by molar-refractivity contribution is 5.76. The predicted octanol–water partition coefficient (Wildman–Crippen LogP) is 2.07. The van der Waals surface area contributed by atoms with E-state index in [9.17, 15) is 4.79 Å². The van der Waals surface area contributed by atoms with E-state index < -0.39 is 0 Å². The van der Waals surface area contributed by atoms with Crippen LogP contribution >= 0.6 is 0 Å². The van der Waals surface area contributed by atoms with Gasteiger partial charge in [-0.1, -0.05) is 30.3 Å². The Morgan fingerprint density at radius 1 is 1.35 bits per heavy atom. The lowest BCUT2D eigenvalue weighted by Gasteiger charge is -2.11. The third kappa shape index (κ3) is 4.09. The van der Waals surface area contributed by atoms with Crippen LogP contribution in [0, 0.1) is 0 Å². The highest BCUT2D eigenvalue weighted by atomic mass is 16.5. The van der Waals surface area contributed by atoms with Gasteiger partial charge in [0.1, 0.15) is 11.9 Å². The largest absolute Gasteiger partial charge is 0.488 e. The Bertz CT molecular complexity index is 644. The molecule has 0 saturated carbocycles. The summed E-state index contributed by atoms with van der Waals surface area (Å²) < 4.78 is 10.9. The molecule has 1 aliphatic heterocycles. The van der Waals surface area contributed by atoms with Crippen LogP contribution in [0.2, 0.25) is 0 Å². The van der Waals surface area contributed by atoms with Crippen molar-refractivity contribution in [1.29, 1.82) is 0 Å². The van der Waals surface area contributed by atoms with Crippen molar-refractivity contribution in [2.24, 2.45) is 0 Å². The summed E-state index contributed by atoms with van der Waals surface area (Å²) in [5.41, 5.74) is 1.20. The monoisotopic (exact) mass is 315 g/mol. The second kappa shape index (κ2) is 7.26. The van der Waals surface area contributed by atoms with Gasteiger partial charge in [0.2, 0.25) is 11.8 Å². The Labute approximate surface area is 135 Å². The van der Waals surface area contributed by atoms with Gasteiger partial charge in [0, 0.05) is 25.7 Å². The van der Waals surface area contributed by atoms with Gasteiger partial charge >= 0.3 is 0 Å². The van der Waals surface area contributed by atoms with E-state index in [1.54, 1.807) is 0 Å². The Kier molecular flexibility index (Phi) is 4.90. The normalized spacial score (nSPS) is 16.0. The molecule has 2 aromatic rings. The fraction of sp³-hybridized carbons (Fsp3) is 0.471. The minimum atomic E-state index is -0.0280. The number of hydrogen-bond acceptors (Lipinski definition) is 5. The SMILES string of the molecule is CCCc1noc(CCC(=O)NC[C@H]2Cc3ccccc3O2)n1. The number of rotatable bonds is 7. The standard InChI is InChI=1S/C17H21N3O3/c1-2-5-15-19-17(23-20-15)9-8-16(21)18-11-13-10-12-6-3-4-7-14(12)22-13/h3-4,6-7,13H,2,5,8-11H2,1H3,(H,18,21)/t13-/m1/s1. The van der Waals surface area contributed by atoms with Crippen molar-refractivity contribution >= 4 is 5.91 Å². The molecule has 0 unspecified atom stereocenters. The first-order valence-electron chi connectivity index (χ1n) is 8.07. The zero-order valence-electron chi connectivity index (χ0n) is 13.2. The summed E-state index contributed by atoms with van der Waals surface area (Å²) in [6.07, 6.45) is 3.43. The van der Waals surface area contributed by atoms with Crippen LogP contribution in [0.4, 0.5) is 0 Å². The van der Waals surface area contributed by atoms with E-state index in [0.29, 0.717) is 31.1 Å². The van der Waals surface area contributed by atoms with Crippen LogP contribution < -0.4 is 10.1 Å². The Balaban J connectivity index is 1.38. The quantitative estimate of drug-likeness (QED) is 0.846. The maximum Gasteiger partial charge on any atom is 0.227 e. The third-order valence-electron chi connectivity index (χ3n) is 3.79. The molecule has 0 spiro atoms. The van der Waals surface area contributed by atoms with Crippen molar-refractivity contribution in [3.05, 3.63) is 41.5 Å². The number of ether oxygens (including phenoxy) is 1. The molecule has 0 radical (unpaired) electrons. The number of para-hydroxylation sites is 1. The highest BCUT2D eigenvalue weighted by Crippen LogP contribution is 2.27. The maximum atomic E-state index is 11.9. The molecular formula is C17H21N3O3. The van der Waals surface area contributed by atoms with E-state index in [-0.39, 0.29) is 12.0 Å². The lowest BCUT2D eigenvalue weighted by atomic mass is 10.1. The predicted molar refractivity (Wildman–Crippen MR) is 84.2 cm³/mol. The summed E-state index contributed by atoms with van der Waals surface area (Å²) in [6.45, 7) is 2.57. The molecule has 1 aliphatic rings. The Morgan fingerprint density at radius 3 is 3.04 bits per heavy atom. The van der Waals surface area contributed by atoms with Crippen LogP contribution in [0.15, 0.2) is 28.8 Å². The van der Waals surface area contributed by atoms with Crippen LogP contribution in [-0.2, 0) is 24.1 Å². The molecule has 122 valence electrons. The molecule has 6 heteroatoms. The fourth-order valence-corrected chi connectivity index (χ4v) is 2.62. The van der Waals surface area contributed by atoms with E-state index >= 15 is 0 Å². The first-order valence-corrected chi connectivity index (χ1v) is 8.07. The second-order valence-corrected chi connectivity index (χ2v) is 5.71. The number of hydrogen-bond donors (Lipinski definition) is 1. The van der Waals surface area contributed by atoms with Crippen molar-refractivity contribution in [3.63, 3.8) is 0 Å². The first kappa shape index (κ1) is 15.5. The van der Waals surface area contributed by atoms with Gasteiger partial charge in [-0.2, -0.15) is 4.98 Å². The molecule has 1 atom stereocenters. The zero-order valence-corrected chi connectivity index (χ0v) is 13.2. The lowest BCUT2D eigenvalue weighted by Crippen LogP contribution is -2.34. The van der Waals surface area contributed by atoms with Crippen LogP contribution in [0.25, 0.3) is 0 Å². The molecule has 6 nitrogen and oxygen atoms in total. The molecule has 0 aliphatic carbocycles. The average Bonchev–Trinajstić information content (AvgIpc) is 3.17. The number of aryl methyl sites for hydroxylation is 2. The van der Waals surface area contributed by atoms with Crippen molar-refractivity contribution in [2.45, 2.75) is 45.1 Å². The second-order valence-electron chi connectivity index (χ2n) is 5.71. The average molecular weight is 315 g/mol. The number of nitrogens with zero attached hydrogens (tertiary/aromatic N) is 2. The van der Waals surface area contributed by atoms with E-state index in [0.717, 1.165) is 25.0 Å². The van der Waals surface area contributed by atoms with Crippen molar-refractivity contribution in [2.75, 3.05) is 6.54 Å². The minimum absolute atomic E-state index is 0.0101. The van der Waals surface area contributed by atoms with Gasteiger partial charge in [-0.25, -0.2) is 0 Å². The van der Waals surface area contributed by atoms with Crippen LogP contribution in [-0.4, -0.2) is 28.7 Å². The molecule has 0 fully saturated rings. The molecule has 0 bridgehead atoms. The molecule has 3 rings (SSSR count). The van der Waals surface area contributed by atoms with Gasteiger partial charge < -0.3 is 14.6 Å². The molecule has 1 aromatic carbocycles. The highest BCUT2D eigenvalue weighted by Gasteiger charge is 2.22. The van der Waals surface area contributed by atoms with E-state index in [1.807, 2.05) is 18.2 Å². The topological polar surface area (TPSA) is 77.2 Å². The van der Waals surface area contributed by atoms with Gasteiger partial charge in [-0.3, -0.25) is 4.79 Å². The van der Waals surface area contributed by atoms with E-state index in [2.05, 4.69) is 28.4 Å². The summed E-state index contributed by atoms with van der Waals surface area (Å²) in [4.78, 5) is 16.2. The molecule has 2 heterocycles. The summed E-state index contributed by atoms with van der Waals surface area (Å²) in [7, 11) is 0. The minimum Gasteiger partial charge on any atom is -0.488 e. The van der Waals surface area contributed by atoms with Gasteiger partial charge in [0.25, 0.3) is 0 Å². The molecule has 23 heavy (non-hydrogen) atoms. The zero-order chi connectivity index (χ0) is 16.1. The lowest BCUT2D eigenvalue weighted by molar-refractivity contribution is -0.121. The third-order valence-corrected chi connectivity index (χ3v) is 3.79. The van der Waals surface area contributed by atoms with Gasteiger partial charge in [0.15, 0.2) is 5.82 Å². The van der Waals surface area contributed by atoms with Crippen molar-refractivity contribution < 1.29 is 14.1 Å². The molecule has 1 amide bonds. The van der Waals surface area contributed by atoms with Gasteiger partial charge in [-0.15, -0.1) is 0 Å². The number of nitrogens with one attached hydrogen (secondary N) is 1. The number of carbonyl (C=O) groups excluding carboxylic acids is 1. The Morgan fingerprint density at radius 2 is 2.22 bits per heavy atom. The summed E-state index contributed by atoms with van der Waals surface area (Å²) in [5.74, 6) is 2.12. The number of fused-ring (bicyclic) bond motifs is 1. The molecule has 1 aromatic heterocycles. The fourth-order valence-electron chi connectivity index (χ4n) is 2.62. The van der Waals surface area contributed by atoms with E-state index in [1.165, 1.54) is 5.56 Å². The molecule has 1 N–H and O–H groups in total. The summed E-state index contributed by atoms with van der Waals surface area (Å²) >= 11 is 0. The van der Waals surface area contributed by atoms with E-state index in [4.69, 9.17) is 9.26 Å². The number of aromatic nitrogens is 2. The molecular weight excluding hydrogens is 294 g/mol. The number of carbonyl (C=O) groups is 1. The van der Waals surface area contributed by atoms with Crippen molar-refractivity contribution in [1.82, 2.24) is 15.5 Å². The van der Waals surface area contributed by atoms with Gasteiger partial charge in [0.05, 0.1) is 6.54 Å². The maximum absolute atomic E-state index is 11.9. The molecule has 0 saturated heterocycles. The van der Waals surface area contributed by atoms with Gasteiger partial charge in [-0.05, 0) is 18.1 Å².